The van der Waals surface area contributed by atoms with Crippen molar-refractivity contribution in [2.75, 3.05) is 11.9 Å². The molecule has 1 aromatic rings. The molecule has 0 unspecified atom stereocenters. The standard InChI is InChI=1S/C20H30N2O2/c1-14(2)10-13-21-17(23)20(11-12-20)18(24)22-16-9-7-6-8-15(16)19(3,4)5/h6-9,14H,10-13H2,1-5H3,(H,21,23)(H,22,24). The summed E-state index contributed by atoms with van der Waals surface area (Å²) in [5.74, 6) is 0.225. The van der Waals surface area contributed by atoms with Gasteiger partial charge in [0.2, 0.25) is 11.8 Å². The lowest BCUT2D eigenvalue weighted by Gasteiger charge is -2.24. The quantitative estimate of drug-likeness (QED) is 0.778. The van der Waals surface area contributed by atoms with Gasteiger partial charge >= 0.3 is 0 Å². The molecular weight excluding hydrogens is 300 g/mol. The number of hydrogen-bond donors (Lipinski definition) is 2. The van der Waals surface area contributed by atoms with Gasteiger partial charge < -0.3 is 10.6 Å². The largest absolute Gasteiger partial charge is 0.355 e. The molecule has 1 aliphatic carbocycles. The van der Waals surface area contributed by atoms with Crippen molar-refractivity contribution in [2.45, 2.75) is 59.3 Å². The van der Waals surface area contributed by atoms with Gasteiger partial charge in [0.05, 0.1) is 0 Å². The lowest BCUT2D eigenvalue weighted by molar-refractivity contribution is -0.134. The van der Waals surface area contributed by atoms with Crippen LogP contribution in [0.5, 0.6) is 0 Å². The summed E-state index contributed by atoms with van der Waals surface area (Å²) >= 11 is 0. The van der Waals surface area contributed by atoms with E-state index in [0.29, 0.717) is 25.3 Å². The van der Waals surface area contributed by atoms with Crippen molar-refractivity contribution >= 4 is 17.5 Å². The second kappa shape index (κ2) is 6.96. The van der Waals surface area contributed by atoms with Gasteiger partial charge in [-0.2, -0.15) is 0 Å². The number of benzene rings is 1. The van der Waals surface area contributed by atoms with Gasteiger partial charge in [-0.3, -0.25) is 9.59 Å². The van der Waals surface area contributed by atoms with Gasteiger partial charge in [0.1, 0.15) is 5.41 Å². The third kappa shape index (κ3) is 4.16. The van der Waals surface area contributed by atoms with E-state index < -0.39 is 5.41 Å². The van der Waals surface area contributed by atoms with Crippen LogP contribution < -0.4 is 10.6 Å². The number of rotatable bonds is 6. The Kier molecular flexibility index (Phi) is 5.36. The monoisotopic (exact) mass is 330 g/mol. The van der Waals surface area contributed by atoms with Crippen molar-refractivity contribution in [3.8, 4) is 0 Å². The van der Waals surface area contributed by atoms with E-state index in [4.69, 9.17) is 0 Å². The van der Waals surface area contributed by atoms with Crippen LogP contribution in [0, 0.1) is 11.3 Å². The van der Waals surface area contributed by atoms with E-state index in [1.54, 1.807) is 0 Å². The zero-order valence-electron chi connectivity index (χ0n) is 15.5. The molecule has 0 aromatic heterocycles. The van der Waals surface area contributed by atoms with Gasteiger partial charge in [0.15, 0.2) is 0 Å². The van der Waals surface area contributed by atoms with Gasteiger partial charge in [-0.15, -0.1) is 0 Å². The highest BCUT2D eigenvalue weighted by Gasteiger charge is 2.56. The molecule has 0 radical (unpaired) electrons. The fraction of sp³-hybridized carbons (Fsp3) is 0.600. The summed E-state index contributed by atoms with van der Waals surface area (Å²) in [4.78, 5) is 25.2. The van der Waals surface area contributed by atoms with Crippen molar-refractivity contribution < 1.29 is 9.59 Å². The fourth-order valence-corrected chi connectivity index (χ4v) is 2.81. The normalized spacial score (nSPS) is 15.9. The molecule has 24 heavy (non-hydrogen) atoms. The summed E-state index contributed by atoms with van der Waals surface area (Å²) in [5.41, 5.74) is 0.938. The molecule has 1 aromatic carbocycles. The Morgan fingerprint density at radius 2 is 1.75 bits per heavy atom. The second-order valence-corrected chi connectivity index (χ2v) is 8.27. The molecule has 2 N–H and O–H groups in total. The number of para-hydroxylation sites is 1. The second-order valence-electron chi connectivity index (χ2n) is 8.27. The van der Waals surface area contributed by atoms with Crippen LogP contribution in [0.1, 0.15) is 59.4 Å². The number of amides is 2. The highest BCUT2D eigenvalue weighted by molar-refractivity contribution is 6.13. The van der Waals surface area contributed by atoms with Crippen LogP contribution >= 0.6 is 0 Å². The molecule has 4 nitrogen and oxygen atoms in total. The first-order valence-corrected chi connectivity index (χ1v) is 8.86. The molecule has 2 rings (SSSR count). The molecule has 1 fully saturated rings. The lowest BCUT2D eigenvalue weighted by atomic mass is 9.85. The maximum Gasteiger partial charge on any atom is 0.240 e. The van der Waals surface area contributed by atoms with Crippen LogP contribution in [0.15, 0.2) is 24.3 Å². The molecule has 1 aliphatic rings. The molecular formula is C20H30N2O2. The molecule has 0 saturated heterocycles. The Balaban J connectivity index is 2.06. The fourth-order valence-electron chi connectivity index (χ4n) is 2.81. The number of anilines is 1. The van der Waals surface area contributed by atoms with E-state index in [9.17, 15) is 9.59 Å². The number of hydrogen-bond acceptors (Lipinski definition) is 2. The van der Waals surface area contributed by atoms with Gasteiger partial charge in [0, 0.05) is 12.2 Å². The summed E-state index contributed by atoms with van der Waals surface area (Å²) in [6.45, 7) is 11.2. The smallest absolute Gasteiger partial charge is 0.240 e. The van der Waals surface area contributed by atoms with E-state index in [-0.39, 0.29) is 17.2 Å². The van der Waals surface area contributed by atoms with Crippen LogP contribution in [0.3, 0.4) is 0 Å². The number of carbonyl (C=O) groups excluding carboxylic acids is 2. The zero-order valence-corrected chi connectivity index (χ0v) is 15.5. The first-order chi connectivity index (χ1) is 11.2. The first kappa shape index (κ1) is 18.5. The zero-order chi connectivity index (χ0) is 18.0. The summed E-state index contributed by atoms with van der Waals surface area (Å²) in [5, 5.41) is 5.93. The predicted octanol–water partition coefficient (Wildman–Crippen LogP) is 3.87. The third-order valence-electron chi connectivity index (χ3n) is 4.61. The maximum atomic E-state index is 12.7. The van der Waals surface area contributed by atoms with E-state index >= 15 is 0 Å². The van der Waals surface area contributed by atoms with Gasteiger partial charge in [0.25, 0.3) is 0 Å². The molecule has 0 bridgehead atoms. The topological polar surface area (TPSA) is 58.2 Å². The van der Waals surface area contributed by atoms with Crippen LogP contribution in [0.2, 0.25) is 0 Å². The summed E-state index contributed by atoms with van der Waals surface area (Å²) in [6.07, 6.45) is 2.18. The van der Waals surface area contributed by atoms with Gasteiger partial charge in [-0.05, 0) is 42.2 Å². The molecule has 0 atom stereocenters. The van der Waals surface area contributed by atoms with E-state index in [1.165, 1.54) is 0 Å². The molecule has 2 amide bonds. The van der Waals surface area contributed by atoms with Crippen LogP contribution in [-0.2, 0) is 15.0 Å². The molecule has 4 heteroatoms. The van der Waals surface area contributed by atoms with Gasteiger partial charge in [-0.1, -0.05) is 52.8 Å². The average molecular weight is 330 g/mol. The van der Waals surface area contributed by atoms with E-state index in [1.807, 2.05) is 24.3 Å². The minimum absolute atomic E-state index is 0.0693. The van der Waals surface area contributed by atoms with Crippen molar-refractivity contribution in [1.29, 1.82) is 0 Å². The van der Waals surface area contributed by atoms with Gasteiger partial charge in [-0.25, -0.2) is 0 Å². The molecule has 1 saturated carbocycles. The summed E-state index contributed by atoms with van der Waals surface area (Å²) in [7, 11) is 0. The minimum atomic E-state index is -0.873. The Hall–Kier alpha value is -1.84. The van der Waals surface area contributed by atoms with Crippen molar-refractivity contribution in [1.82, 2.24) is 5.32 Å². The lowest BCUT2D eigenvalue weighted by Crippen LogP contribution is -2.40. The summed E-state index contributed by atoms with van der Waals surface area (Å²) in [6, 6.07) is 7.82. The van der Waals surface area contributed by atoms with E-state index in [2.05, 4.69) is 45.3 Å². The average Bonchev–Trinajstić information content (AvgIpc) is 3.28. The number of carbonyl (C=O) groups is 2. The highest BCUT2D eigenvalue weighted by Crippen LogP contribution is 2.47. The Morgan fingerprint density at radius 1 is 1.12 bits per heavy atom. The van der Waals surface area contributed by atoms with Crippen molar-refractivity contribution in [3.05, 3.63) is 29.8 Å². The number of nitrogens with one attached hydrogen (secondary N) is 2. The van der Waals surface area contributed by atoms with Crippen LogP contribution in [0.25, 0.3) is 0 Å². The van der Waals surface area contributed by atoms with Crippen LogP contribution in [0.4, 0.5) is 5.69 Å². The third-order valence-corrected chi connectivity index (χ3v) is 4.61. The Morgan fingerprint density at radius 3 is 2.29 bits per heavy atom. The first-order valence-electron chi connectivity index (χ1n) is 8.86. The predicted molar refractivity (Wildman–Crippen MR) is 97.9 cm³/mol. The SMILES string of the molecule is CC(C)CCNC(=O)C1(C(=O)Nc2ccccc2C(C)(C)C)CC1. The van der Waals surface area contributed by atoms with E-state index in [0.717, 1.165) is 17.7 Å². The van der Waals surface area contributed by atoms with Crippen molar-refractivity contribution in [2.24, 2.45) is 11.3 Å². The summed E-state index contributed by atoms with van der Waals surface area (Å²) < 4.78 is 0. The maximum absolute atomic E-state index is 12.7. The minimum Gasteiger partial charge on any atom is -0.355 e. The Labute approximate surface area is 145 Å². The van der Waals surface area contributed by atoms with Crippen LogP contribution in [-0.4, -0.2) is 18.4 Å². The molecule has 0 aliphatic heterocycles. The highest BCUT2D eigenvalue weighted by atomic mass is 16.2. The van der Waals surface area contributed by atoms with Crippen molar-refractivity contribution in [3.63, 3.8) is 0 Å². The molecule has 0 spiro atoms. The molecule has 132 valence electrons. The molecule has 0 heterocycles. The Bertz CT molecular complexity index is 610.